The summed E-state index contributed by atoms with van der Waals surface area (Å²) in [5.41, 5.74) is 1.08. The van der Waals surface area contributed by atoms with Gasteiger partial charge < -0.3 is 9.84 Å². The van der Waals surface area contributed by atoms with Crippen LogP contribution in [0.3, 0.4) is 0 Å². The summed E-state index contributed by atoms with van der Waals surface area (Å²) in [5, 5.41) is 8.90. The molecule has 0 amide bonds. The van der Waals surface area contributed by atoms with E-state index in [4.69, 9.17) is 21.4 Å². The first kappa shape index (κ1) is 16.3. The summed E-state index contributed by atoms with van der Waals surface area (Å²) in [6.45, 7) is 8.53. The maximum absolute atomic E-state index is 8.97. The second-order valence-corrected chi connectivity index (χ2v) is 5.35. The Hall–Kier alpha value is -0.770. The molecule has 1 N–H and O–H groups in total. The molecule has 0 bridgehead atoms. The van der Waals surface area contributed by atoms with E-state index in [1.165, 1.54) is 0 Å². The van der Waals surface area contributed by atoms with E-state index in [1.54, 1.807) is 0 Å². The molecule has 0 aromatic heterocycles. The first-order valence-corrected chi connectivity index (χ1v) is 7.24. The molecule has 19 heavy (non-hydrogen) atoms. The van der Waals surface area contributed by atoms with Crippen LogP contribution in [-0.2, 0) is 0 Å². The molecule has 0 spiro atoms. The number of halogens is 1. The molecule has 0 aliphatic carbocycles. The van der Waals surface area contributed by atoms with E-state index in [9.17, 15) is 0 Å². The number of nitrogens with zero attached hydrogens (tertiary/aromatic N) is 1. The van der Waals surface area contributed by atoms with E-state index in [-0.39, 0.29) is 18.1 Å². The van der Waals surface area contributed by atoms with Gasteiger partial charge in [0.1, 0.15) is 5.75 Å². The highest BCUT2D eigenvalue weighted by atomic mass is 35.5. The highest BCUT2D eigenvalue weighted by molar-refractivity contribution is 6.21. The molecule has 0 saturated carbocycles. The van der Waals surface area contributed by atoms with E-state index >= 15 is 0 Å². The molecule has 3 nitrogen and oxygen atoms in total. The van der Waals surface area contributed by atoms with Gasteiger partial charge in [0.05, 0.1) is 18.1 Å². The minimum absolute atomic E-state index is 0.0698. The molecule has 0 aliphatic rings. The van der Waals surface area contributed by atoms with Gasteiger partial charge in [-0.2, -0.15) is 0 Å². The fourth-order valence-electron chi connectivity index (χ4n) is 1.88. The zero-order chi connectivity index (χ0) is 14.3. The average molecular weight is 286 g/mol. The van der Waals surface area contributed by atoms with Gasteiger partial charge in [-0.15, -0.1) is 11.6 Å². The minimum Gasteiger partial charge on any atom is -0.491 e. The lowest BCUT2D eigenvalue weighted by molar-refractivity contribution is 0.202. The van der Waals surface area contributed by atoms with Crippen LogP contribution in [-0.4, -0.2) is 42.4 Å². The molecular formula is C15H24ClNO2. The van der Waals surface area contributed by atoms with E-state index in [0.717, 1.165) is 24.4 Å². The van der Waals surface area contributed by atoms with Crippen LogP contribution >= 0.6 is 11.6 Å². The third-order valence-corrected chi connectivity index (χ3v) is 3.29. The predicted octanol–water partition coefficient (Wildman–Crippen LogP) is 3.07. The van der Waals surface area contributed by atoms with Crippen molar-refractivity contribution in [1.82, 2.24) is 4.90 Å². The first-order valence-electron chi connectivity index (χ1n) is 6.80. The third-order valence-electron chi connectivity index (χ3n) is 2.90. The molecule has 1 aromatic rings. The monoisotopic (exact) mass is 285 g/mol. The molecule has 0 fully saturated rings. The Morgan fingerprint density at radius 2 is 1.89 bits per heavy atom. The normalized spacial score (nSPS) is 13.0. The molecular weight excluding hydrogens is 262 g/mol. The van der Waals surface area contributed by atoms with Crippen molar-refractivity contribution < 1.29 is 9.84 Å². The summed E-state index contributed by atoms with van der Waals surface area (Å²) in [6, 6.07) is 7.91. The lowest BCUT2D eigenvalue weighted by Crippen LogP contribution is -2.29. The van der Waals surface area contributed by atoms with Gasteiger partial charge in [0.15, 0.2) is 0 Å². The quantitative estimate of drug-likeness (QED) is 0.745. The van der Waals surface area contributed by atoms with Crippen LogP contribution in [0.4, 0.5) is 0 Å². The Bertz CT molecular complexity index is 354. The molecule has 1 aromatic carbocycles. The van der Waals surface area contributed by atoms with Crippen molar-refractivity contribution in [2.24, 2.45) is 0 Å². The highest BCUT2D eigenvalue weighted by Gasteiger charge is 2.12. The van der Waals surface area contributed by atoms with Crippen molar-refractivity contribution >= 4 is 11.6 Å². The number of aliphatic hydroxyl groups excluding tert-OH is 1. The van der Waals surface area contributed by atoms with Crippen molar-refractivity contribution in [3.63, 3.8) is 0 Å². The fraction of sp³-hybridized carbons (Fsp3) is 0.600. The summed E-state index contributed by atoms with van der Waals surface area (Å²) < 4.78 is 5.60. The summed E-state index contributed by atoms with van der Waals surface area (Å²) in [6.07, 6.45) is 0.179. The lowest BCUT2D eigenvalue weighted by atomic mass is 10.1. The number of likely N-dealkylation sites (N-methyl/N-ethyl adjacent to an activating group) is 1. The predicted molar refractivity (Wildman–Crippen MR) is 80.0 cm³/mol. The number of aliphatic hydroxyl groups is 1. The number of hydrogen-bond donors (Lipinski definition) is 1. The molecule has 0 aliphatic heterocycles. The van der Waals surface area contributed by atoms with Crippen LogP contribution in [0.2, 0.25) is 0 Å². The highest BCUT2D eigenvalue weighted by Crippen LogP contribution is 2.24. The molecule has 0 heterocycles. The van der Waals surface area contributed by atoms with Gasteiger partial charge in [-0.05, 0) is 38.1 Å². The van der Waals surface area contributed by atoms with Crippen molar-refractivity contribution in [3.05, 3.63) is 29.8 Å². The number of alkyl halides is 1. The molecule has 0 saturated heterocycles. The largest absolute Gasteiger partial charge is 0.491 e. The van der Waals surface area contributed by atoms with Crippen LogP contribution < -0.4 is 4.74 Å². The topological polar surface area (TPSA) is 32.7 Å². The van der Waals surface area contributed by atoms with Crippen LogP contribution in [0.1, 0.15) is 31.7 Å². The molecule has 0 radical (unpaired) electrons. The van der Waals surface area contributed by atoms with E-state index in [0.29, 0.717) is 6.54 Å². The maximum atomic E-state index is 8.97. The summed E-state index contributed by atoms with van der Waals surface area (Å²) in [5.74, 6) is 0.866. The molecule has 108 valence electrons. The Labute approximate surface area is 121 Å². The standard InChI is InChI=1S/C15H24ClNO2/c1-4-17(9-10-18)11-15(16)13-5-7-14(8-6-13)19-12(2)3/h5-8,12,15,18H,4,9-11H2,1-3H3. The number of hydrogen-bond acceptors (Lipinski definition) is 3. The lowest BCUT2D eigenvalue weighted by Gasteiger charge is -2.22. The number of ether oxygens (including phenoxy) is 1. The minimum atomic E-state index is -0.0698. The zero-order valence-corrected chi connectivity index (χ0v) is 12.7. The Morgan fingerprint density at radius 1 is 1.26 bits per heavy atom. The van der Waals surface area contributed by atoms with Crippen molar-refractivity contribution in [2.45, 2.75) is 32.3 Å². The van der Waals surface area contributed by atoms with Gasteiger partial charge in [-0.25, -0.2) is 0 Å². The Kier molecular flexibility index (Phi) is 7.21. The first-order chi connectivity index (χ1) is 9.06. The summed E-state index contributed by atoms with van der Waals surface area (Å²) in [4.78, 5) is 2.14. The second kappa shape index (κ2) is 8.41. The Morgan fingerprint density at radius 3 is 2.37 bits per heavy atom. The van der Waals surface area contributed by atoms with Crippen LogP contribution in [0.15, 0.2) is 24.3 Å². The Balaban J connectivity index is 2.59. The van der Waals surface area contributed by atoms with Crippen LogP contribution in [0, 0.1) is 0 Å². The maximum Gasteiger partial charge on any atom is 0.119 e. The van der Waals surface area contributed by atoms with E-state index in [2.05, 4.69) is 11.8 Å². The van der Waals surface area contributed by atoms with Gasteiger partial charge in [-0.3, -0.25) is 4.90 Å². The number of rotatable bonds is 8. The summed E-state index contributed by atoms with van der Waals surface area (Å²) in [7, 11) is 0. The second-order valence-electron chi connectivity index (χ2n) is 4.82. The van der Waals surface area contributed by atoms with E-state index in [1.807, 2.05) is 38.1 Å². The molecule has 4 heteroatoms. The third kappa shape index (κ3) is 5.81. The molecule has 1 unspecified atom stereocenters. The fourth-order valence-corrected chi connectivity index (χ4v) is 2.22. The van der Waals surface area contributed by atoms with Gasteiger partial charge in [0, 0.05) is 13.1 Å². The molecule has 1 rings (SSSR count). The van der Waals surface area contributed by atoms with Gasteiger partial charge in [0.2, 0.25) is 0 Å². The van der Waals surface area contributed by atoms with Crippen molar-refractivity contribution in [1.29, 1.82) is 0 Å². The summed E-state index contributed by atoms with van der Waals surface area (Å²) >= 11 is 6.41. The van der Waals surface area contributed by atoms with Gasteiger partial charge >= 0.3 is 0 Å². The van der Waals surface area contributed by atoms with Crippen molar-refractivity contribution in [2.75, 3.05) is 26.2 Å². The van der Waals surface area contributed by atoms with E-state index < -0.39 is 0 Å². The molecule has 1 atom stereocenters. The zero-order valence-electron chi connectivity index (χ0n) is 12.0. The number of benzene rings is 1. The average Bonchev–Trinajstić information content (AvgIpc) is 2.38. The van der Waals surface area contributed by atoms with Crippen molar-refractivity contribution in [3.8, 4) is 5.75 Å². The van der Waals surface area contributed by atoms with Crippen LogP contribution in [0.25, 0.3) is 0 Å². The van der Waals surface area contributed by atoms with Crippen LogP contribution in [0.5, 0.6) is 5.75 Å². The smallest absolute Gasteiger partial charge is 0.119 e. The van der Waals surface area contributed by atoms with Gasteiger partial charge in [-0.1, -0.05) is 19.1 Å². The van der Waals surface area contributed by atoms with Gasteiger partial charge in [0.25, 0.3) is 0 Å². The SMILES string of the molecule is CCN(CCO)CC(Cl)c1ccc(OC(C)C)cc1.